The van der Waals surface area contributed by atoms with Crippen molar-refractivity contribution in [2.24, 2.45) is 5.92 Å². The number of hydrogen-bond donors (Lipinski definition) is 0. The van der Waals surface area contributed by atoms with Gasteiger partial charge in [0.15, 0.2) is 5.76 Å². The van der Waals surface area contributed by atoms with Crippen LogP contribution in [0.25, 0.3) is 11.0 Å². The Kier molecular flexibility index (Phi) is 6.72. The molecule has 0 atom stereocenters. The average molecular weight is 514 g/mol. The highest BCUT2D eigenvalue weighted by atomic mass is 32.2. The van der Waals surface area contributed by atoms with Crippen LogP contribution in [0.1, 0.15) is 69.3 Å². The molecule has 2 fully saturated rings. The molecule has 0 N–H and O–H groups in total. The molecule has 0 spiro atoms. The van der Waals surface area contributed by atoms with Gasteiger partial charge in [0.2, 0.25) is 14.9 Å². The van der Waals surface area contributed by atoms with E-state index in [2.05, 4.69) is 25.3 Å². The number of benzene rings is 1. The minimum absolute atomic E-state index is 0.0170. The highest BCUT2D eigenvalue weighted by Crippen LogP contribution is 2.33. The average Bonchev–Trinajstić information content (AvgIpc) is 3.51. The molecule has 9 heteroatoms. The molecule has 0 bridgehead atoms. The predicted molar refractivity (Wildman–Crippen MR) is 136 cm³/mol. The minimum Gasteiger partial charge on any atom is -0.439 e. The molecule has 36 heavy (non-hydrogen) atoms. The summed E-state index contributed by atoms with van der Waals surface area (Å²) in [6, 6.07) is 7.89. The van der Waals surface area contributed by atoms with Gasteiger partial charge < -0.3 is 18.6 Å². The zero-order valence-electron chi connectivity index (χ0n) is 21.3. The van der Waals surface area contributed by atoms with Crippen molar-refractivity contribution in [1.29, 1.82) is 0 Å². The van der Waals surface area contributed by atoms with E-state index in [1.54, 1.807) is 17.0 Å². The summed E-state index contributed by atoms with van der Waals surface area (Å²) < 4.78 is 40.0. The fraction of sp³-hybridized carbons (Fsp3) is 0.556. The third-order valence-corrected chi connectivity index (χ3v) is 8.85. The van der Waals surface area contributed by atoms with Crippen LogP contribution < -0.4 is 0 Å². The van der Waals surface area contributed by atoms with Crippen LogP contribution in [0.4, 0.5) is 0 Å². The molecule has 1 aromatic carbocycles. The molecule has 194 valence electrons. The molecule has 0 unspecified atom stereocenters. The van der Waals surface area contributed by atoms with E-state index < -0.39 is 9.84 Å². The number of carbonyl (C=O) groups excluding carboxylic acids is 1. The molecule has 2 aromatic heterocycles. The van der Waals surface area contributed by atoms with Crippen LogP contribution >= 0.6 is 0 Å². The first kappa shape index (κ1) is 25.0. The third-order valence-electron chi connectivity index (χ3n) is 7.22. The van der Waals surface area contributed by atoms with Gasteiger partial charge in [0.25, 0.3) is 5.91 Å². The quantitative estimate of drug-likeness (QED) is 0.486. The van der Waals surface area contributed by atoms with Gasteiger partial charge in [-0.2, -0.15) is 0 Å². The number of amides is 1. The number of ether oxygens (including phenoxy) is 1. The van der Waals surface area contributed by atoms with E-state index in [4.69, 9.17) is 14.1 Å². The number of rotatable bonds is 5. The molecule has 0 radical (unpaired) electrons. The highest BCUT2D eigenvalue weighted by molar-refractivity contribution is 7.91. The molecule has 1 aliphatic heterocycles. The summed E-state index contributed by atoms with van der Waals surface area (Å²) in [7, 11) is -3.95. The van der Waals surface area contributed by atoms with E-state index in [0.717, 1.165) is 17.9 Å². The van der Waals surface area contributed by atoms with Crippen LogP contribution in [-0.2, 0) is 26.5 Å². The van der Waals surface area contributed by atoms with Gasteiger partial charge in [0.1, 0.15) is 5.82 Å². The van der Waals surface area contributed by atoms with Crippen molar-refractivity contribution in [3.05, 3.63) is 41.9 Å². The third kappa shape index (κ3) is 4.83. The van der Waals surface area contributed by atoms with E-state index in [9.17, 15) is 13.2 Å². The monoisotopic (exact) mass is 513 g/mol. The van der Waals surface area contributed by atoms with E-state index in [0.29, 0.717) is 37.7 Å². The number of nitrogens with zero attached hydrogens (tertiary/aromatic N) is 3. The summed E-state index contributed by atoms with van der Waals surface area (Å²) in [6.45, 7) is 9.15. The number of aromatic nitrogens is 2. The number of hydrogen-bond acceptors (Lipinski definition) is 6. The Morgan fingerprint density at radius 3 is 2.47 bits per heavy atom. The highest BCUT2D eigenvalue weighted by Gasteiger charge is 2.29. The van der Waals surface area contributed by atoms with Crippen LogP contribution in [0.3, 0.4) is 0 Å². The lowest BCUT2D eigenvalue weighted by molar-refractivity contribution is 0.0279. The SMILES string of the molecule is CC(C)(C)c1nc2cc(S(=O)(=O)c3ccc(C(=O)N4CCOCC4)o3)ccc2n1CC1CCCCC1. The fourth-order valence-corrected chi connectivity index (χ4v) is 6.47. The Bertz CT molecular complexity index is 1350. The molecule has 5 rings (SSSR count). The van der Waals surface area contributed by atoms with Crippen molar-refractivity contribution in [1.82, 2.24) is 14.5 Å². The number of sulfone groups is 1. The topological polar surface area (TPSA) is 94.6 Å². The standard InChI is InChI=1S/C27H35N3O5S/c1-27(2,3)26-28-21-17-20(9-10-22(21)30(26)18-19-7-5-4-6-8-19)36(32,33)24-12-11-23(35-24)25(31)29-13-15-34-16-14-29/h9-12,17,19H,4-8,13-16,18H2,1-3H3. The number of furan rings is 1. The molecule has 3 heterocycles. The van der Waals surface area contributed by atoms with Crippen LogP contribution in [-0.4, -0.2) is 55.1 Å². The van der Waals surface area contributed by atoms with Crippen molar-refractivity contribution < 1.29 is 22.4 Å². The smallest absolute Gasteiger partial charge is 0.289 e. The van der Waals surface area contributed by atoms with Crippen LogP contribution in [0.15, 0.2) is 44.7 Å². The second-order valence-electron chi connectivity index (χ2n) is 11.0. The normalized spacial score (nSPS) is 18.1. The summed E-state index contributed by atoms with van der Waals surface area (Å²) in [5.74, 6) is 1.27. The van der Waals surface area contributed by atoms with Gasteiger partial charge in [-0.25, -0.2) is 13.4 Å². The van der Waals surface area contributed by atoms with Crippen LogP contribution in [0, 0.1) is 5.92 Å². The van der Waals surface area contributed by atoms with Crippen molar-refractivity contribution in [2.75, 3.05) is 26.3 Å². The Hall–Kier alpha value is -2.65. The second-order valence-corrected chi connectivity index (χ2v) is 12.9. The Balaban J connectivity index is 1.46. The largest absolute Gasteiger partial charge is 0.439 e. The summed E-state index contributed by atoms with van der Waals surface area (Å²) >= 11 is 0. The maximum absolute atomic E-state index is 13.4. The van der Waals surface area contributed by atoms with Gasteiger partial charge in [-0.1, -0.05) is 40.0 Å². The van der Waals surface area contributed by atoms with E-state index in [-0.39, 0.29) is 27.1 Å². The molecule has 8 nitrogen and oxygen atoms in total. The molecular formula is C27H35N3O5S. The summed E-state index contributed by atoms with van der Waals surface area (Å²) in [4.78, 5) is 19.3. The van der Waals surface area contributed by atoms with Crippen LogP contribution in [0.5, 0.6) is 0 Å². The molecule has 1 amide bonds. The number of fused-ring (bicyclic) bond motifs is 1. The molecule has 2 aliphatic rings. The van der Waals surface area contributed by atoms with Crippen molar-refractivity contribution in [2.45, 2.75) is 74.8 Å². The zero-order chi connectivity index (χ0) is 25.5. The van der Waals surface area contributed by atoms with E-state index in [1.165, 1.54) is 44.2 Å². The lowest BCUT2D eigenvalue weighted by Crippen LogP contribution is -2.40. The fourth-order valence-electron chi connectivity index (χ4n) is 5.28. The predicted octanol–water partition coefficient (Wildman–Crippen LogP) is 4.81. The first-order chi connectivity index (χ1) is 17.1. The Morgan fingerprint density at radius 1 is 1.06 bits per heavy atom. The number of morpholine rings is 1. The molecule has 1 saturated carbocycles. The summed E-state index contributed by atoms with van der Waals surface area (Å²) in [5.41, 5.74) is 1.43. The molecule has 1 aliphatic carbocycles. The van der Waals surface area contributed by atoms with E-state index >= 15 is 0 Å². The summed E-state index contributed by atoms with van der Waals surface area (Å²) in [6.07, 6.45) is 6.29. The summed E-state index contributed by atoms with van der Waals surface area (Å²) in [5, 5.41) is -0.240. The lowest BCUT2D eigenvalue weighted by atomic mass is 9.88. The maximum atomic E-state index is 13.4. The van der Waals surface area contributed by atoms with Gasteiger partial charge in [-0.3, -0.25) is 4.79 Å². The number of imidazole rings is 1. The lowest BCUT2D eigenvalue weighted by Gasteiger charge is -2.26. The maximum Gasteiger partial charge on any atom is 0.289 e. The van der Waals surface area contributed by atoms with E-state index in [1.807, 2.05) is 6.07 Å². The van der Waals surface area contributed by atoms with Gasteiger partial charge >= 0.3 is 0 Å². The first-order valence-electron chi connectivity index (χ1n) is 12.9. The van der Waals surface area contributed by atoms with Gasteiger partial charge in [-0.15, -0.1) is 0 Å². The van der Waals surface area contributed by atoms with Gasteiger partial charge in [0, 0.05) is 25.0 Å². The second kappa shape index (κ2) is 9.67. The van der Waals surface area contributed by atoms with Crippen molar-refractivity contribution >= 4 is 26.8 Å². The van der Waals surface area contributed by atoms with Crippen molar-refractivity contribution in [3.63, 3.8) is 0 Å². The zero-order valence-corrected chi connectivity index (χ0v) is 22.1. The Morgan fingerprint density at radius 2 is 1.78 bits per heavy atom. The first-order valence-corrected chi connectivity index (χ1v) is 14.4. The number of carbonyl (C=O) groups is 1. The Labute approximate surface area is 212 Å². The molecular weight excluding hydrogens is 478 g/mol. The van der Waals surface area contributed by atoms with Crippen LogP contribution in [0.2, 0.25) is 0 Å². The molecule has 3 aromatic rings. The minimum atomic E-state index is -3.95. The van der Waals surface area contributed by atoms with Gasteiger partial charge in [0.05, 0.1) is 29.1 Å². The van der Waals surface area contributed by atoms with Crippen molar-refractivity contribution in [3.8, 4) is 0 Å². The van der Waals surface area contributed by atoms with Gasteiger partial charge in [-0.05, 0) is 49.1 Å². The molecule has 1 saturated heterocycles.